The number of aliphatic hydroxyl groups is 1. The van der Waals surface area contributed by atoms with Crippen molar-refractivity contribution in [2.75, 3.05) is 30.3 Å². The molecule has 0 saturated carbocycles. The fourth-order valence-electron chi connectivity index (χ4n) is 1.93. The van der Waals surface area contributed by atoms with Crippen molar-refractivity contribution in [3.05, 3.63) is 17.9 Å². The molecule has 108 valence electrons. The van der Waals surface area contributed by atoms with E-state index in [4.69, 9.17) is 10.5 Å². The monoisotopic (exact) mass is 270 g/mol. The van der Waals surface area contributed by atoms with Crippen LogP contribution in [-0.2, 0) is 0 Å². The van der Waals surface area contributed by atoms with Gasteiger partial charge in [-0.1, -0.05) is 0 Å². The lowest BCUT2D eigenvalue weighted by molar-refractivity contribution is 0.0876. The molecule has 1 aromatic rings. The lowest BCUT2D eigenvalue weighted by atomic mass is 10.1. The van der Waals surface area contributed by atoms with E-state index in [1.165, 1.54) is 6.07 Å². The van der Waals surface area contributed by atoms with Gasteiger partial charge in [-0.15, -0.1) is 0 Å². The Balaban J connectivity index is 3.12. The van der Waals surface area contributed by atoms with Crippen LogP contribution in [0.1, 0.15) is 27.7 Å². The van der Waals surface area contributed by atoms with E-state index in [9.17, 15) is 9.50 Å². The van der Waals surface area contributed by atoms with Crippen molar-refractivity contribution in [2.45, 2.75) is 33.3 Å². The number of likely N-dealkylation sites (N-methyl/N-ethyl adjacent to an activating group) is 1. The summed E-state index contributed by atoms with van der Waals surface area (Å²) in [6.45, 7) is 8.64. The first-order valence-electron chi connectivity index (χ1n) is 6.47. The van der Waals surface area contributed by atoms with Crippen LogP contribution >= 0.6 is 0 Å². The molecule has 0 spiro atoms. The van der Waals surface area contributed by atoms with Crippen molar-refractivity contribution in [1.82, 2.24) is 0 Å². The Labute approximate surface area is 114 Å². The Morgan fingerprint density at radius 3 is 2.47 bits per heavy atom. The number of rotatable bonds is 6. The molecule has 0 bridgehead atoms. The highest BCUT2D eigenvalue weighted by molar-refractivity contribution is 5.70. The maximum absolute atomic E-state index is 13.6. The van der Waals surface area contributed by atoms with Crippen molar-refractivity contribution >= 4 is 11.4 Å². The normalized spacial score (nSPS) is 11.5. The zero-order chi connectivity index (χ0) is 14.6. The van der Waals surface area contributed by atoms with E-state index in [2.05, 4.69) is 0 Å². The van der Waals surface area contributed by atoms with E-state index in [1.807, 2.05) is 11.8 Å². The lowest BCUT2D eigenvalue weighted by Gasteiger charge is -2.31. The van der Waals surface area contributed by atoms with Crippen LogP contribution in [0.2, 0.25) is 0 Å². The molecule has 5 heteroatoms. The number of benzene rings is 1. The van der Waals surface area contributed by atoms with Gasteiger partial charge in [-0.05, 0) is 27.7 Å². The minimum atomic E-state index is -0.859. The van der Waals surface area contributed by atoms with Crippen molar-refractivity contribution in [3.8, 4) is 5.75 Å². The molecule has 0 saturated heterocycles. The summed E-state index contributed by atoms with van der Waals surface area (Å²) in [6.07, 6.45) is 0. The summed E-state index contributed by atoms with van der Waals surface area (Å²) >= 11 is 0. The molecule has 4 nitrogen and oxygen atoms in total. The van der Waals surface area contributed by atoms with Crippen molar-refractivity contribution in [2.24, 2.45) is 0 Å². The van der Waals surface area contributed by atoms with Gasteiger partial charge in [-0.25, -0.2) is 4.39 Å². The summed E-state index contributed by atoms with van der Waals surface area (Å²) in [4.78, 5) is 1.90. The highest BCUT2D eigenvalue weighted by Gasteiger charge is 2.20. The first-order chi connectivity index (χ1) is 8.78. The van der Waals surface area contributed by atoms with Gasteiger partial charge in [0, 0.05) is 25.2 Å². The van der Waals surface area contributed by atoms with Crippen LogP contribution < -0.4 is 15.4 Å². The summed E-state index contributed by atoms with van der Waals surface area (Å²) in [5.74, 6) is -0.289. The molecule has 0 aliphatic heterocycles. The highest BCUT2D eigenvalue weighted by Crippen LogP contribution is 2.31. The number of hydrogen-bond acceptors (Lipinski definition) is 4. The summed E-state index contributed by atoms with van der Waals surface area (Å²) in [6, 6.07) is 2.84. The fourth-order valence-corrected chi connectivity index (χ4v) is 1.93. The molecule has 0 atom stereocenters. The van der Waals surface area contributed by atoms with Gasteiger partial charge in [-0.2, -0.15) is 0 Å². The zero-order valence-corrected chi connectivity index (χ0v) is 12.0. The zero-order valence-electron chi connectivity index (χ0n) is 12.0. The molecule has 3 N–H and O–H groups in total. The molecule has 19 heavy (non-hydrogen) atoms. The number of nitrogens with two attached hydrogens (primary N) is 1. The van der Waals surface area contributed by atoms with Gasteiger partial charge >= 0.3 is 0 Å². The van der Waals surface area contributed by atoms with E-state index < -0.39 is 11.4 Å². The van der Waals surface area contributed by atoms with E-state index in [1.54, 1.807) is 26.8 Å². The van der Waals surface area contributed by atoms with Gasteiger partial charge in [0.15, 0.2) is 11.6 Å². The molecular weight excluding hydrogens is 247 g/mol. The third-order valence-electron chi connectivity index (χ3n) is 2.68. The van der Waals surface area contributed by atoms with Gasteiger partial charge in [0.25, 0.3) is 0 Å². The summed E-state index contributed by atoms with van der Waals surface area (Å²) in [5.41, 5.74) is 6.02. The van der Waals surface area contributed by atoms with Crippen LogP contribution in [0.5, 0.6) is 5.75 Å². The number of nitrogen functional groups attached to an aromatic ring is 1. The Morgan fingerprint density at radius 2 is 2.00 bits per heavy atom. The molecule has 0 amide bonds. The highest BCUT2D eigenvalue weighted by atomic mass is 19.1. The summed E-state index contributed by atoms with van der Waals surface area (Å²) in [5, 5.41) is 9.91. The molecule has 0 aromatic heterocycles. The number of ether oxygens (including phenoxy) is 1. The molecule has 0 radical (unpaired) electrons. The Morgan fingerprint density at radius 1 is 1.37 bits per heavy atom. The smallest absolute Gasteiger partial charge is 0.167 e. The molecule has 0 unspecified atom stereocenters. The van der Waals surface area contributed by atoms with E-state index in [0.717, 1.165) is 0 Å². The average molecular weight is 270 g/mol. The average Bonchev–Trinajstić information content (AvgIpc) is 2.29. The first kappa shape index (κ1) is 15.6. The Bertz CT molecular complexity index is 430. The molecule has 0 fully saturated rings. The molecule has 0 aliphatic rings. The molecule has 0 aliphatic carbocycles. The summed E-state index contributed by atoms with van der Waals surface area (Å²) in [7, 11) is 0. The fraction of sp³-hybridized carbons (Fsp3) is 0.571. The lowest BCUT2D eigenvalue weighted by Crippen LogP contribution is -2.39. The van der Waals surface area contributed by atoms with Crippen LogP contribution in [0.25, 0.3) is 0 Å². The topological polar surface area (TPSA) is 58.7 Å². The number of halogens is 1. The SMILES string of the molecule is CCOc1cc(N(CC)CC(C)(C)O)c(N)cc1F. The predicted molar refractivity (Wildman–Crippen MR) is 76.2 cm³/mol. The van der Waals surface area contributed by atoms with Gasteiger partial charge in [0.2, 0.25) is 0 Å². The first-order valence-corrected chi connectivity index (χ1v) is 6.47. The second-order valence-electron chi connectivity index (χ2n) is 5.10. The third kappa shape index (κ3) is 4.28. The maximum Gasteiger partial charge on any atom is 0.167 e. The van der Waals surface area contributed by atoms with Gasteiger partial charge in [-0.3, -0.25) is 0 Å². The van der Waals surface area contributed by atoms with E-state index in [-0.39, 0.29) is 5.75 Å². The van der Waals surface area contributed by atoms with Crippen molar-refractivity contribution < 1.29 is 14.2 Å². The van der Waals surface area contributed by atoms with E-state index >= 15 is 0 Å². The Kier molecular flexibility index (Phi) is 5.00. The summed E-state index contributed by atoms with van der Waals surface area (Å²) < 4.78 is 18.9. The van der Waals surface area contributed by atoms with Crippen LogP contribution in [-0.4, -0.2) is 30.4 Å². The quantitative estimate of drug-likeness (QED) is 0.779. The molecule has 0 heterocycles. The second kappa shape index (κ2) is 6.10. The van der Waals surface area contributed by atoms with Crippen LogP contribution in [0.15, 0.2) is 12.1 Å². The second-order valence-corrected chi connectivity index (χ2v) is 5.10. The van der Waals surface area contributed by atoms with Gasteiger partial charge in [0.05, 0.1) is 23.6 Å². The van der Waals surface area contributed by atoms with Crippen LogP contribution in [0.4, 0.5) is 15.8 Å². The molecular formula is C14H23FN2O2. The minimum Gasteiger partial charge on any atom is -0.491 e. The number of hydrogen-bond donors (Lipinski definition) is 2. The Hall–Kier alpha value is -1.49. The minimum absolute atomic E-state index is 0.181. The van der Waals surface area contributed by atoms with Crippen molar-refractivity contribution in [3.63, 3.8) is 0 Å². The van der Waals surface area contributed by atoms with E-state index in [0.29, 0.717) is 31.1 Å². The number of nitrogens with zero attached hydrogens (tertiary/aromatic N) is 1. The molecule has 1 rings (SSSR count). The predicted octanol–water partition coefficient (Wildman–Crippen LogP) is 2.40. The van der Waals surface area contributed by atoms with Crippen LogP contribution in [0.3, 0.4) is 0 Å². The third-order valence-corrected chi connectivity index (χ3v) is 2.68. The van der Waals surface area contributed by atoms with Crippen molar-refractivity contribution in [1.29, 1.82) is 0 Å². The maximum atomic E-state index is 13.6. The largest absolute Gasteiger partial charge is 0.491 e. The molecule has 1 aromatic carbocycles. The van der Waals surface area contributed by atoms with Gasteiger partial charge < -0.3 is 20.5 Å². The van der Waals surface area contributed by atoms with Gasteiger partial charge in [0.1, 0.15) is 0 Å². The number of anilines is 2. The van der Waals surface area contributed by atoms with Crippen LogP contribution in [0, 0.1) is 5.82 Å². The standard InChI is InChI=1S/C14H23FN2O2/c1-5-17(9-14(3,4)18)12-8-13(19-6-2)10(15)7-11(12)16/h7-8,18H,5-6,9,16H2,1-4H3.